The molecule has 0 fully saturated rings. The van der Waals surface area contributed by atoms with Crippen LogP contribution in [0.3, 0.4) is 0 Å². The molecule has 0 saturated carbocycles. The van der Waals surface area contributed by atoms with Gasteiger partial charge in [-0.3, -0.25) is 4.79 Å². The van der Waals surface area contributed by atoms with E-state index >= 15 is 0 Å². The number of halogens is 1. The van der Waals surface area contributed by atoms with Gasteiger partial charge in [-0.25, -0.2) is 0 Å². The Kier molecular flexibility index (Phi) is 6.02. The zero-order valence-electron chi connectivity index (χ0n) is 13.5. The monoisotopic (exact) mass is 332 g/mol. The van der Waals surface area contributed by atoms with Gasteiger partial charge >= 0.3 is 0 Å². The van der Waals surface area contributed by atoms with Gasteiger partial charge in [-0.05, 0) is 42.8 Å². The van der Waals surface area contributed by atoms with Crippen molar-refractivity contribution in [1.82, 2.24) is 10.6 Å². The lowest BCUT2D eigenvalue weighted by Gasteiger charge is -2.18. The standard InChI is InChI=1S/C18H21ClN2O2/c1-12(16-10-15(19)7-8-17(16)23-3)21-11-13-5-4-6-14(9-13)18(22)20-2/h4-10,12,21H,11H2,1-3H3,(H,20,22)/t12-/m0/s1. The van der Waals surface area contributed by atoms with Crippen LogP contribution < -0.4 is 15.4 Å². The van der Waals surface area contributed by atoms with Crippen molar-refractivity contribution in [3.63, 3.8) is 0 Å². The molecule has 0 heterocycles. The summed E-state index contributed by atoms with van der Waals surface area (Å²) in [5.74, 6) is 0.713. The fourth-order valence-electron chi connectivity index (χ4n) is 2.39. The molecule has 1 amide bonds. The number of methoxy groups -OCH3 is 1. The van der Waals surface area contributed by atoms with Crippen LogP contribution in [0.25, 0.3) is 0 Å². The second kappa shape index (κ2) is 7.99. The molecule has 0 radical (unpaired) electrons. The molecule has 2 aromatic carbocycles. The second-order valence-corrected chi connectivity index (χ2v) is 5.70. The highest BCUT2D eigenvalue weighted by molar-refractivity contribution is 6.30. The number of rotatable bonds is 6. The average Bonchev–Trinajstić information content (AvgIpc) is 2.59. The first-order valence-electron chi connectivity index (χ1n) is 7.43. The fourth-order valence-corrected chi connectivity index (χ4v) is 2.57. The van der Waals surface area contributed by atoms with E-state index in [1.165, 1.54) is 0 Å². The van der Waals surface area contributed by atoms with Gasteiger partial charge in [-0.1, -0.05) is 23.7 Å². The molecule has 0 aliphatic carbocycles. The van der Waals surface area contributed by atoms with Crippen LogP contribution in [0, 0.1) is 0 Å². The number of carbonyl (C=O) groups is 1. The Hall–Kier alpha value is -2.04. The van der Waals surface area contributed by atoms with E-state index < -0.39 is 0 Å². The zero-order valence-corrected chi connectivity index (χ0v) is 14.3. The van der Waals surface area contributed by atoms with E-state index in [1.54, 1.807) is 20.2 Å². The fraction of sp³-hybridized carbons (Fsp3) is 0.278. The smallest absolute Gasteiger partial charge is 0.251 e. The van der Waals surface area contributed by atoms with Gasteiger partial charge in [0.05, 0.1) is 7.11 Å². The van der Waals surface area contributed by atoms with Gasteiger partial charge in [0, 0.05) is 35.8 Å². The Morgan fingerprint density at radius 1 is 1.26 bits per heavy atom. The van der Waals surface area contributed by atoms with Gasteiger partial charge in [-0.2, -0.15) is 0 Å². The molecule has 2 aromatic rings. The number of ether oxygens (including phenoxy) is 1. The molecule has 2 rings (SSSR count). The number of benzene rings is 2. The molecular weight excluding hydrogens is 312 g/mol. The maximum atomic E-state index is 11.7. The van der Waals surface area contributed by atoms with Crippen molar-refractivity contribution in [3.05, 3.63) is 64.2 Å². The minimum atomic E-state index is -0.0867. The summed E-state index contributed by atoms with van der Waals surface area (Å²) >= 11 is 6.08. The highest BCUT2D eigenvalue weighted by Gasteiger charge is 2.12. The Morgan fingerprint density at radius 2 is 2.04 bits per heavy atom. The Labute approximate surface area is 141 Å². The van der Waals surface area contributed by atoms with Gasteiger partial charge in [0.15, 0.2) is 0 Å². The molecule has 0 saturated heterocycles. The van der Waals surface area contributed by atoms with Crippen molar-refractivity contribution in [2.45, 2.75) is 19.5 Å². The molecule has 2 N–H and O–H groups in total. The van der Waals surface area contributed by atoms with Crippen molar-refractivity contribution >= 4 is 17.5 Å². The average molecular weight is 333 g/mol. The summed E-state index contributed by atoms with van der Waals surface area (Å²) in [5, 5.41) is 6.74. The highest BCUT2D eigenvalue weighted by Crippen LogP contribution is 2.28. The van der Waals surface area contributed by atoms with Crippen LogP contribution in [-0.4, -0.2) is 20.1 Å². The molecule has 122 valence electrons. The topological polar surface area (TPSA) is 50.4 Å². The molecule has 0 bridgehead atoms. The first-order valence-corrected chi connectivity index (χ1v) is 7.80. The van der Waals surface area contributed by atoms with Crippen molar-refractivity contribution < 1.29 is 9.53 Å². The van der Waals surface area contributed by atoms with E-state index in [-0.39, 0.29) is 11.9 Å². The van der Waals surface area contributed by atoms with Crippen molar-refractivity contribution in [2.24, 2.45) is 0 Å². The lowest BCUT2D eigenvalue weighted by Crippen LogP contribution is -2.20. The molecule has 0 aromatic heterocycles. The summed E-state index contributed by atoms with van der Waals surface area (Å²) in [4.78, 5) is 11.7. The molecule has 0 aliphatic rings. The van der Waals surface area contributed by atoms with E-state index in [1.807, 2.05) is 36.4 Å². The summed E-state index contributed by atoms with van der Waals surface area (Å²) in [6.45, 7) is 2.69. The zero-order chi connectivity index (χ0) is 16.8. The molecule has 23 heavy (non-hydrogen) atoms. The number of hydrogen-bond donors (Lipinski definition) is 2. The maximum absolute atomic E-state index is 11.7. The van der Waals surface area contributed by atoms with E-state index in [0.29, 0.717) is 17.1 Å². The lowest BCUT2D eigenvalue weighted by molar-refractivity contribution is 0.0963. The SMILES string of the molecule is CNC(=O)c1cccc(CN[C@@H](C)c2cc(Cl)ccc2OC)c1. The van der Waals surface area contributed by atoms with Gasteiger partial charge in [0.2, 0.25) is 0 Å². The van der Waals surface area contributed by atoms with Gasteiger partial charge < -0.3 is 15.4 Å². The van der Waals surface area contributed by atoms with Crippen molar-refractivity contribution in [1.29, 1.82) is 0 Å². The summed E-state index contributed by atoms with van der Waals surface area (Å²) < 4.78 is 5.39. The van der Waals surface area contributed by atoms with Crippen molar-refractivity contribution in [3.8, 4) is 5.75 Å². The largest absolute Gasteiger partial charge is 0.496 e. The van der Waals surface area contributed by atoms with E-state index in [4.69, 9.17) is 16.3 Å². The normalized spacial score (nSPS) is 11.8. The Morgan fingerprint density at radius 3 is 2.74 bits per heavy atom. The molecule has 0 spiro atoms. The van der Waals surface area contributed by atoms with Gasteiger partial charge in [-0.15, -0.1) is 0 Å². The van der Waals surface area contributed by atoms with Crippen LogP contribution >= 0.6 is 11.6 Å². The van der Waals surface area contributed by atoms with E-state index in [2.05, 4.69) is 17.6 Å². The van der Waals surface area contributed by atoms with Crippen LogP contribution in [0.1, 0.15) is 34.5 Å². The van der Waals surface area contributed by atoms with Crippen LogP contribution in [0.5, 0.6) is 5.75 Å². The summed E-state index contributed by atoms with van der Waals surface area (Å²) in [5.41, 5.74) is 2.70. The predicted molar refractivity (Wildman–Crippen MR) is 93.1 cm³/mol. The maximum Gasteiger partial charge on any atom is 0.251 e. The van der Waals surface area contributed by atoms with Gasteiger partial charge in [0.25, 0.3) is 5.91 Å². The lowest BCUT2D eigenvalue weighted by atomic mass is 10.1. The Balaban J connectivity index is 2.09. The summed E-state index contributed by atoms with van der Waals surface area (Å²) in [7, 11) is 3.27. The third-order valence-corrected chi connectivity index (χ3v) is 3.92. The van der Waals surface area contributed by atoms with Crippen LogP contribution in [0.2, 0.25) is 5.02 Å². The summed E-state index contributed by atoms with van der Waals surface area (Å²) in [6, 6.07) is 13.2. The van der Waals surface area contributed by atoms with Crippen LogP contribution in [0.4, 0.5) is 0 Å². The third-order valence-electron chi connectivity index (χ3n) is 3.69. The number of amides is 1. The van der Waals surface area contributed by atoms with Gasteiger partial charge in [0.1, 0.15) is 5.75 Å². The second-order valence-electron chi connectivity index (χ2n) is 5.27. The Bertz CT molecular complexity index is 688. The minimum absolute atomic E-state index is 0.0623. The number of carbonyl (C=O) groups excluding carboxylic acids is 1. The molecule has 0 aliphatic heterocycles. The van der Waals surface area contributed by atoms with E-state index in [0.717, 1.165) is 16.9 Å². The molecular formula is C18H21ClN2O2. The quantitative estimate of drug-likeness (QED) is 0.850. The first kappa shape index (κ1) is 17.3. The molecule has 4 nitrogen and oxygen atoms in total. The number of hydrogen-bond acceptors (Lipinski definition) is 3. The first-order chi connectivity index (χ1) is 11.0. The van der Waals surface area contributed by atoms with Crippen molar-refractivity contribution in [2.75, 3.05) is 14.2 Å². The van der Waals surface area contributed by atoms with Crippen LogP contribution in [-0.2, 0) is 6.54 Å². The molecule has 1 atom stereocenters. The van der Waals surface area contributed by atoms with Crippen LogP contribution in [0.15, 0.2) is 42.5 Å². The minimum Gasteiger partial charge on any atom is -0.496 e. The van der Waals surface area contributed by atoms with E-state index in [9.17, 15) is 4.79 Å². The third kappa shape index (κ3) is 4.47. The predicted octanol–water partition coefficient (Wildman–Crippen LogP) is 3.56. The highest BCUT2D eigenvalue weighted by atomic mass is 35.5. The molecule has 0 unspecified atom stereocenters. The summed E-state index contributed by atoms with van der Waals surface area (Å²) in [6.07, 6.45) is 0. The number of nitrogens with one attached hydrogen (secondary N) is 2. The molecule has 5 heteroatoms.